The normalized spacial score (nSPS) is 11.6. The zero-order valence-corrected chi connectivity index (χ0v) is 27.3. The first kappa shape index (κ1) is 28.4. The molecule has 0 saturated heterocycles. The van der Waals surface area contributed by atoms with Gasteiger partial charge in [0.15, 0.2) is 0 Å². The maximum Gasteiger partial charge on any atom is 0.134 e. The van der Waals surface area contributed by atoms with E-state index in [1.165, 1.54) is 71.3 Å². The fourth-order valence-electron chi connectivity index (χ4n) is 7.61. The van der Waals surface area contributed by atoms with Crippen LogP contribution in [0.3, 0.4) is 0 Å². The average molecular weight is 638 g/mol. The average Bonchev–Trinajstić information content (AvgIpc) is 3.81. The van der Waals surface area contributed by atoms with Crippen molar-refractivity contribution in [2.24, 2.45) is 0 Å². The Bertz CT molecular complexity index is 2780. The second-order valence-electron chi connectivity index (χ2n) is 12.9. The first-order valence-electron chi connectivity index (χ1n) is 17.1. The van der Waals surface area contributed by atoms with Gasteiger partial charge < -0.3 is 8.98 Å². The fourth-order valence-corrected chi connectivity index (χ4v) is 7.61. The number of fused-ring (bicyclic) bond motifs is 5. The molecule has 0 N–H and O–H groups in total. The largest absolute Gasteiger partial charge is 0.456 e. The van der Waals surface area contributed by atoms with E-state index in [1.807, 2.05) is 0 Å². The molecule has 50 heavy (non-hydrogen) atoms. The molecule has 0 saturated carbocycles. The van der Waals surface area contributed by atoms with Crippen LogP contribution in [0.1, 0.15) is 0 Å². The summed E-state index contributed by atoms with van der Waals surface area (Å²) < 4.78 is 8.79. The maximum absolute atomic E-state index is 6.44. The minimum Gasteiger partial charge on any atom is -0.456 e. The van der Waals surface area contributed by atoms with Crippen LogP contribution in [0.5, 0.6) is 0 Å². The van der Waals surface area contributed by atoms with Crippen LogP contribution in [-0.2, 0) is 0 Å². The van der Waals surface area contributed by atoms with E-state index in [2.05, 4.69) is 193 Å². The van der Waals surface area contributed by atoms with E-state index in [0.29, 0.717) is 0 Å². The van der Waals surface area contributed by atoms with Crippen molar-refractivity contribution in [1.82, 2.24) is 4.57 Å². The van der Waals surface area contributed by atoms with E-state index < -0.39 is 0 Å². The highest BCUT2D eigenvalue weighted by molar-refractivity contribution is 6.13. The Hall–Kier alpha value is -6.64. The van der Waals surface area contributed by atoms with Gasteiger partial charge in [0.1, 0.15) is 11.5 Å². The van der Waals surface area contributed by atoms with Crippen molar-refractivity contribution in [2.75, 3.05) is 0 Å². The smallest absolute Gasteiger partial charge is 0.134 e. The first-order chi connectivity index (χ1) is 24.8. The van der Waals surface area contributed by atoms with Gasteiger partial charge in [0.2, 0.25) is 0 Å². The molecule has 0 aliphatic rings. The molecule has 10 aromatic rings. The molecule has 0 amide bonds. The van der Waals surface area contributed by atoms with E-state index in [4.69, 9.17) is 4.42 Å². The van der Waals surface area contributed by atoms with Crippen LogP contribution in [0.2, 0.25) is 0 Å². The van der Waals surface area contributed by atoms with Gasteiger partial charge in [-0.05, 0) is 92.3 Å². The summed E-state index contributed by atoms with van der Waals surface area (Å²) in [5.74, 6) is 1.72. The van der Waals surface area contributed by atoms with Crippen LogP contribution in [0.15, 0.2) is 192 Å². The number of rotatable bonds is 5. The number of hydrogen-bond donors (Lipinski definition) is 0. The minimum absolute atomic E-state index is 0.858. The second-order valence-corrected chi connectivity index (χ2v) is 12.9. The van der Waals surface area contributed by atoms with Gasteiger partial charge in [-0.3, -0.25) is 0 Å². The molecular formula is C48H31NO. The third kappa shape index (κ3) is 4.65. The third-order valence-corrected chi connectivity index (χ3v) is 10.0. The predicted octanol–water partition coefficient (Wildman–Crippen LogP) is 13.4. The molecule has 0 radical (unpaired) electrons. The van der Waals surface area contributed by atoms with Crippen LogP contribution in [0, 0.1) is 0 Å². The molecule has 0 bridgehead atoms. The summed E-state index contributed by atoms with van der Waals surface area (Å²) in [7, 11) is 0. The van der Waals surface area contributed by atoms with Gasteiger partial charge in [-0.15, -0.1) is 0 Å². The van der Waals surface area contributed by atoms with Gasteiger partial charge in [0, 0.05) is 27.6 Å². The van der Waals surface area contributed by atoms with E-state index in [9.17, 15) is 0 Å². The number of hydrogen-bond acceptors (Lipinski definition) is 1. The lowest BCUT2D eigenvalue weighted by Crippen LogP contribution is -1.92. The Kier molecular flexibility index (Phi) is 6.53. The van der Waals surface area contributed by atoms with Crippen molar-refractivity contribution >= 4 is 43.4 Å². The van der Waals surface area contributed by atoms with E-state index in [1.54, 1.807) is 0 Å². The summed E-state index contributed by atoms with van der Waals surface area (Å²) in [5.41, 5.74) is 10.5. The van der Waals surface area contributed by atoms with Crippen molar-refractivity contribution in [1.29, 1.82) is 0 Å². The van der Waals surface area contributed by atoms with Gasteiger partial charge in [0.25, 0.3) is 0 Å². The Morgan fingerprint density at radius 3 is 1.48 bits per heavy atom. The van der Waals surface area contributed by atoms with Crippen molar-refractivity contribution in [3.8, 4) is 50.6 Å². The highest BCUT2D eigenvalue weighted by Gasteiger charge is 2.14. The lowest BCUT2D eigenvalue weighted by Gasteiger charge is -2.12. The van der Waals surface area contributed by atoms with Gasteiger partial charge in [-0.2, -0.15) is 0 Å². The molecule has 2 nitrogen and oxygen atoms in total. The van der Waals surface area contributed by atoms with Crippen LogP contribution in [0.4, 0.5) is 0 Å². The molecule has 0 unspecified atom stereocenters. The Morgan fingerprint density at radius 1 is 0.320 bits per heavy atom. The molecule has 10 rings (SSSR count). The number of nitrogens with zero attached hydrogens (tertiary/aromatic N) is 1. The summed E-state index contributed by atoms with van der Waals surface area (Å²) in [5, 5.41) is 7.54. The lowest BCUT2D eigenvalue weighted by molar-refractivity contribution is 0.597. The van der Waals surface area contributed by atoms with Crippen molar-refractivity contribution in [3.05, 3.63) is 188 Å². The number of benzene rings is 8. The minimum atomic E-state index is 0.858. The Morgan fingerprint density at radius 2 is 0.820 bits per heavy atom. The van der Waals surface area contributed by atoms with E-state index in [0.717, 1.165) is 22.6 Å². The standard InChI is InChI=1S/C48H31NO/c1-2-12-39(13-3-1)49-44-17-9-8-16-42(44)43-31-36(26-27-45(43)49)32-18-20-33(21-19-32)46-28-29-47(50-46)34-22-24-35(25-23-34)48-40-14-6-4-10-37(40)30-38-11-5-7-15-41(38)48/h1-31H. The predicted molar refractivity (Wildman–Crippen MR) is 210 cm³/mol. The molecule has 0 aliphatic heterocycles. The third-order valence-electron chi connectivity index (χ3n) is 10.0. The molecule has 234 valence electrons. The van der Waals surface area contributed by atoms with Gasteiger partial charge >= 0.3 is 0 Å². The monoisotopic (exact) mass is 637 g/mol. The molecule has 8 aromatic carbocycles. The molecule has 0 aliphatic carbocycles. The van der Waals surface area contributed by atoms with Crippen molar-refractivity contribution < 1.29 is 4.42 Å². The molecule has 0 atom stereocenters. The molecule has 0 fully saturated rings. The Labute approximate surface area is 290 Å². The summed E-state index contributed by atoms with van der Waals surface area (Å²) in [6, 6.07) is 67.2. The van der Waals surface area contributed by atoms with Gasteiger partial charge in [-0.1, -0.05) is 140 Å². The van der Waals surface area contributed by atoms with Crippen LogP contribution in [0.25, 0.3) is 93.9 Å². The van der Waals surface area contributed by atoms with Crippen molar-refractivity contribution in [2.45, 2.75) is 0 Å². The topological polar surface area (TPSA) is 18.1 Å². The summed E-state index contributed by atoms with van der Waals surface area (Å²) in [6.07, 6.45) is 0. The highest BCUT2D eigenvalue weighted by Crippen LogP contribution is 2.39. The number of furan rings is 1. The molecule has 2 aromatic heterocycles. The van der Waals surface area contributed by atoms with Crippen LogP contribution in [-0.4, -0.2) is 4.57 Å². The zero-order valence-electron chi connectivity index (χ0n) is 27.3. The fraction of sp³-hybridized carbons (Fsp3) is 0. The lowest BCUT2D eigenvalue weighted by atomic mass is 9.91. The van der Waals surface area contributed by atoms with E-state index in [-0.39, 0.29) is 0 Å². The van der Waals surface area contributed by atoms with Gasteiger partial charge in [-0.25, -0.2) is 0 Å². The molecule has 2 heterocycles. The number of aromatic nitrogens is 1. The van der Waals surface area contributed by atoms with Crippen molar-refractivity contribution in [3.63, 3.8) is 0 Å². The van der Waals surface area contributed by atoms with Crippen LogP contribution < -0.4 is 0 Å². The Balaban J connectivity index is 0.952. The zero-order chi connectivity index (χ0) is 33.0. The molecule has 2 heteroatoms. The summed E-state index contributed by atoms with van der Waals surface area (Å²) in [6.45, 7) is 0. The highest BCUT2D eigenvalue weighted by atomic mass is 16.3. The maximum atomic E-state index is 6.44. The van der Waals surface area contributed by atoms with E-state index >= 15 is 0 Å². The molecule has 0 spiro atoms. The second kappa shape index (κ2) is 11.5. The summed E-state index contributed by atoms with van der Waals surface area (Å²) in [4.78, 5) is 0. The first-order valence-corrected chi connectivity index (χ1v) is 17.1. The van der Waals surface area contributed by atoms with Gasteiger partial charge in [0.05, 0.1) is 11.0 Å². The number of para-hydroxylation sites is 2. The van der Waals surface area contributed by atoms with Crippen LogP contribution >= 0.6 is 0 Å². The molecular weight excluding hydrogens is 607 g/mol. The SMILES string of the molecule is c1ccc(-n2c3ccccc3c3cc(-c4ccc(-c5ccc(-c6ccc(-c7c8ccccc8cc8ccccc78)cc6)o5)cc4)ccc32)cc1. The summed E-state index contributed by atoms with van der Waals surface area (Å²) >= 11 is 0. The quantitative estimate of drug-likeness (QED) is 0.172.